The Labute approximate surface area is 208 Å². The minimum Gasteiger partial charge on any atom is -0.491 e. The summed E-state index contributed by atoms with van der Waals surface area (Å²) >= 11 is 0. The molecule has 0 spiro atoms. The highest BCUT2D eigenvalue weighted by atomic mass is 16.6. The maximum atomic E-state index is 12.2. The van der Waals surface area contributed by atoms with Gasteiger partial charge in [0.05, 0.1) is 0 Å². The van der Waals surface area contributed by atoms with Crippen molar-refractivity contribution in [3.8, 4) is 16.9 Å². The van der Waals surface area contributed by atoms with Gasteiger partial charge in [-0.3, -0.25) is 0 Å². The molecule has 4 rings (SSSR count). The Kier molecular flexibility index (Phi) is 8.71. The third-order valence-corrected chi connectivity index (χ3v) is 6.56. The van der Waals surface area contributed by atoms with E-state index in [4.69, 9.17) is 9.47 Å². The van der Waals surface area contributed by atoms with Crippen molar-refractivity contribution in [2.24, 2.45) is 0 Å². The molecule has 2 aromatic carbocycles. The molecule has 2 atom stereocenters. The van der Waals surface area contributed by atoms with Crippen LogP contribution in [0.1, 0.15) is 62.9 Å². The topological polar surface area (TPSA) is 64.6 Å². The summed E-state index contributed by atoms with van der Waals surface area (Å²) in [5.74, 6) is 1.66. The highest BCUT2D eigenvalue weighted by Crippen LogP contribution is 2.32. The SMILES string of the molecule is CCCCCCCCc1ncc(-c2ccc(OC[C@H]3[C@H](c4ccccc4)OC(=O)N3C)cc2)cn1. The first kappa shape index (κ1) is 24.7. The van der Waals surface area contributed by atoms with Crippen LogP contribution in [0, 0.1) is 0 Å². The number of carbonyl (C=O) groups is 1. The third kappa shape index (κ3) is 6.59. The number of aryl methyl sites for hydroxylation is 1. The van der Waals surface area contributed by atoms with E-state index in [0.29, 0.717) is 6.61 Å². The van der Waals surface area contributed by atoms with Gasteiger partial charge < -0.3 is 14.4 Å². The quantitative estimate of drug-likeness (QED) is 0.277. The Bertz CT molecular complexity index is 1050. The van der Waals surface area contributed by atoms with E-state index in [-0.39, 0.29) is 18.2 Å². The van der Waals surface area contributed by atoms with Crippen molar-refractivity contribution in [3.63, 3.8) is 0 Å². The second-order valence-corrected chi connectivity index (χ2v) is 9.13. The van der Waals surface area contributed by atoms with Crippen LogP contribution in [0.4, 0.5) is 4.79 Å². The van der Waals surface area contributed by atoms with Crippen molar-refractivity contribution >= 4 is 6.09 Å². The van der Waals surface area contributed by atoms with Crippen molar-refractivity contribution < 1.29 is 14.3 Å². The predicted octanol–water partition coefficient (Wildman–Crippen LogP) is 6.62. The first-order chi connectivity index (χ1) is 17.2. The molecule has 35 heavy (non-hydrogen) atoms. The van der Waals surface area contributed by atoms with Gasteiger partial charge >= 0.3 is 6.09 Å². The minimum absolute atomic E-state index is 0.197. The van der Waals surface area contributed by atoms with Gasteiger partial charge in [-0.2, -0.15) is 0 Å². The highest BCUT2D eigenvalue weighted by Gasteiger charge is 2.40. The van der Waals surface area contributed by atoms with Crippen LogP contribution in [-0.4, -0.2) is 40.7 Å². The largest absolute Gasteiger partial charge is 0.491 e. The van der Waals surface area contributed by atoms with Gasteiger partial charge in [-0.05, 0) is 29.7 Å². The van der Waals surface area contributed by atoms with Crippen molar-refractivity contribution in [1.82, 2.24) is 14.9 Å². The number of aromatic nitrogens is 2. The Morgan fingerprint density at radius 1 is 0.886 bits per heavy atom. The lowest BCUT2D eigenvalue weighted by molar-refractivity contribution is 0.122. The fraction of sp³-hybridized carbons (Fsp3) is 0.414. The molecule has 1 aromatic heterocycles. The molecule has 3 aromatic rings. The number of nitrogens with zero attached hydrogens (tertiary/aromatic N) is 3. The zero-order chi connectivity index (χ0) is 24.5. The molecule has 0 radical (unpaired) electrons. The molecule has 0 saturated carbocycles. The number of benzene rings is 2. The Hall–Kier alpha value is -3.41. The Morgan fingerprint density at radius 3 is 2.29 bits per heavy atom. The molecular formula is C29H35N3O3. The monoisotopic (exact) mass is 473 g/mol. The summed E-state index contributed by atoms with van der Waals surface area (Å²) in [5.41, 5.74) is 3.00. The van der Waals surface area contributed by atoms with Crippen LogP contribution in [-0.2, 0) is 11.2 Å². The van der Waals surface area contributed by atoms with E-state index >= 15 is 0 Å². The van der Waals surface area contributed by atoms with E-state index in [2.05, 4.69) is 16.9 Å². The molecule has 6 nitrogen and oxygen atoms in total. The number of amides is 1. The molecule has 1 aliphatic rings. The van der Waals surface area contributed by atoms with Crippen LogP contribution in [0.2, 0.25) is 0 Å². The maximum Gasteiger partial charge on any atom is 0.410 e. The van der Waals surface area contributed by atoms with Crippen LogP contribution < -0.4 is 4.74 Å². The molecule has 0 aliphatic carbocycles. The van der Waals surface area contributed by atoms with Crippen LogP contribution >= 0.6 is 0 Å². The van der Waals surface area contributed by atoms with Gasteiger partial charge in [-0.15, -0.1) is 0 Å². The smallest absolute Gasteiger partial charge is 0.410 e. The molecule has 0 bridgehead atoms. The number of ether oxygens (including phenoxy) is 2. The standard InChI is InChI=1S/C29H35N3O3/c1-3-4-5-6-7-11-14-27-30-19-24(20-31-27)22-15-17-25(18-16-22)34-21-26-28(35-29(33)32(26)2)23-12-9-8-10-13-23/h8-10,12-13,15-20,26,28H,3-7,11,14,21H2,1-2H3/t26-,28-/m0/s1. The number of hydrogen-bond donors (Lipinski definition) is 0. The summed E-state index contributed by atoms with van der Waals surface area (Å²) in [6.07, 6.45) is 11.7. The van der Waals surface area contributed by atoms with Gasteiger partial charge in [0.2, 0.25) is 0 Å². The number of rotatable bonds is 12. The Morgan fingerprint density at radius 2 is 1.57 bits per heavy atom. The van der Waals surface area contributed by atoms with Gasteiger partial charge in [0.25, 0.3) is 0 Å². The van der Waals surface area contributed by atoms with Crippen LogP contribution in [0.5, 0.6) is 5.75 Å². The lowest BCUT2D eigenvalue weighted by atomic mass is 10.0. The van der Waals surface area contributed by atoms with Gasteiger partial charge in [-0.1, -0.05) is 81.5 Å². The zero-order valence-corrected chi connectivity index (χ0v) is 20.7. The molecule has 0 N–H and O–H groups in total. The number of hydrogen-bond acceptors (Lipinski definition) is 5. The number of carbonyl (C=O) groups excluding carboxylic acids is 1. The summed E-state index contributed by atoms with van der Waals surface area (Å²) in [6.45, 7) is 2.59. The van der Waals surface area contributed by atoms with Crippen molar-refractivity contribution in [2.75, 3.05) is 13.7 Å². The predicted molar refractivity (Wildman–Crippen MR) is 137 cm³/mol. The summed E-state index contributed by atoms with van der Waals surface area (Å²) in [6, 6.07) is 17.5. The van der Waals surface area contributed by atoms with E-state index in [0.717, 1.165) is 41.1 Å². The highest BCUT2D eigenvalue weighted by molar-refractivity contribution is 5.70. The average molecular weight is 474 g/mol. The molecule has 2 heterocycles. The Balaban J connectivity index is 1.30. The summed E-state index contributed by atoms with van der Waals surface area (Å²) in [5, 5.41) is 0. The number of likely N-dealkylation sites (N-methyl/N-ethyl adjacent to an activating group) is 1. The second-order valence-electron chi connectivity index (χ2n) is 9.13. The zero-order valence-electron chi connectivity index (χ0n) is 20.7. The minimum atomic E-state index is -0.347. The summed E-state index contributed by atoms with van der Waals surface area (Å²) < 4.78 is 11.6. The first-order valence-corrected chi connectivity index (χ1v) is 12.7. The van der Waals surface area contributed by atoms with Crippen molar-refractivity contribution in [3.05, 3.63) is 78.4 Å². The van der Waals surface area contributed by atoms with Gasteiger partial charge in [-0.25, -0.2) is 14.8 Å². The van der Waals surface area contributed by atoms with Gasteiger partial charge in [0.15, 0.2) is 6.10 Å². The number of cyclic esters (lactones) is 1. The van der Waals surface area contributed by atoms with Crippen LogP contribution in [0.25, 0.3) is 11.1 Å². The molecule has 1 fully saturated rings. The molecule has 1 amide bonds. The molecule has 184 valence electrons. The number of unbranched alkanes of at least 4 members (excludes halogenated alkanes) is 5. The lowest BCUT2D eigenvalue weighted by Crippen LogP contribution is -2.35. The molecule has 1 aliphatic heterocycles. The average Bonchev–Trinajstić information content (AvgIpc) is 3.19. The maximum absolute atomic E-state index is 12.2. The molecule has 0 unspecified atom stereocenters. The van der Waals surface area contributed by atoms with Crippen LogP contribution in [0.15, 0.2) is 67.0 Å². The van der Waals surface area contributed by atoms with Gasteiger partial charge in [0, 0.05) is 31.4 Å². The normalized spacial score (nSPS) is 17.4. The van der Waals surface area contributed by atoms with E-state index in [9.17, 15) is 4.79 Å². The van der Waals surface area contributed by atoms with Crippen molar-refractivity contribution in [2.45, 2.75) is 64.0 Å². The van der Waals surface area contributed by atoms with Crippen LogP contribution in [0.3, 0.4) is 0 Å². The van der Waals surface area contributed by atoms with Gasteiger partial charge in [0.1, 0.15) is 24.2 Å². The molecular weight excluding hydrogens is 438 g/mol. The molecule has 1 saturated heterocycles. The third-order valence-electron chi connectivity index (χ3n) is 6.56. The first-order valence-electron chi connectivity index (χ1n) is 12.7. The second kappa shape index (κ2) is 12.3. The van der Waals surface area contributed by atoms with Crippen molar-refractivity contribution in [1.29, 1.82) is 0 Å². The fourth-order valence-corrected chi connectivity index (χ4v) is 4.36. The summed E-state index contributed by atoms with van der Waals surface area (Å²) in [7, 11) is 1.75. The van der Waals surface area contributed by atoms with E-state index in [1.54, 1.807) is 11.9 Å². The fourth-order valence-electron chi connectivity index (χ4n) is 4.36. The lowest BCUT2D eigenvalue weighted by Gasteiger charge is -2.22. The summed E-state index contributed by atoms with van der Waals surface area (Å²) in [4.78, 5) is 22.9. The van der Waals surface area contributed by atoms with E-state index in [1.807, 2.05) is 67.0 Å². The molecule has 6 heteroatoms. The van der Waals surface area contributed by atoms with E-state index < -0.39 is 0 Å². The van der Waals surface area contributed by atoms with E-state index in [1.165, 1.54) is 32.1 Å².